The number of nitro benzene ring substituents is 1. The van der Waals surface area contributed by atoms with Gasteiger partial charge >= 0.3 is 5.97 Å². The van der Waals surface area contributed by atoms with Crippen LogP contribution in [-0.4, -0.2) is 22.9 Å². The van der Waals surface area contributed by atoms with E-state index >= 15 is 0 Å². The molecule has 9 heteroatoms. The van der Waals surface area contributed by atoms with Crippen molar-refractivity contribution in [3.63, 3.8) is 0 Å². The molecule has 0 aliphatic carbocycles. The van der Waals surface area contributed by atoms with Crippen LogP contribution in [0.1, 0.15) is 22.8 Å². The fraction of sp³-hybridized carbons (Fsp3) is 0.130. The van der Waals surface area contributed by atoms with E-state index in [9.17, 15) is 19.7 Å². The highest BCUT2D eigenvalue weighted by Gasteiger charge is 2.22. The van der Waals surface area contributed by atoms with E-state index in [4.69, 9.17) is 21.1 Å². The Kier molecular flexibility index (Phi) is 7.41. The average Bonchev–Trinajstić information content (AvgIpc) is 2.79. The molecule has 1 amide bonds. The van der Waals surface area contributed by atoms with Crippen LogP contribution in [0.2, 0.25) is 5.02 Å². The van der Waals surface area contributed by atoms with Gasteiger partial charge < -0.3 is 14.8 Å². The number of anilines is 1. The fourth-order valence-electron chi connectivity index (χ4n) is 2.75. The maximum Gasteiger partial charge on any atom is 0.339 e. The quantitative estimate of drug-likeness (QED) is 0.291. The number of nitrogens with zero attached hydrogens (tertiary/aromatic N) is 1. The van der Waals surface area contributed by atoms with Crippen molar-refractivity contribution >= 4 is 34.9 Å². The van der Waals surface area contributed by atoms with Crippen LogP contribution in [-0.2, 0) is 16.1 Å². The summed E-state index contributed by atoms with van der Waals surface area (Å²) in [5.74, 6) is -0.662. The molecule has 0 spiro atoms. The van der Waals surface area contributed by atoms with E-state index in [1.165, 1.54) is 19.1 Å². The Morgan fingerprint density at radius 1 is 1.06 bits per heavy atom. The standard InChI is InChI=1S/C23H19ClN2O6/c1-15(22(27)25-21-12-11-17(26(29)30)13-20(21)24)32-23(28)19-10-6-5-7-16(19)14-31-18-8-3-2-4-9-18/h2-13,15H,14H2,1H3,(H,25,27). The van der Waals surface area contributed by atoms with E-state index in [0.717, 1.165) is 6.07 Å². The molecule has 32 heavy (non-hydrogen) atoms. The van der Waals surface area contributed by atoms with Crippen LogP contribution in [0.5, 0.6) is 5.75 Å². The zero-order valence-electron chi connectivity index (χ0n) is 17.0. The summed E-state index contributed by atoms with van der Waals surface area (Å²) < 4.78 is 11.0. The van der Waals surface area contributed by atoms with E-state index in [1.807, 2.05) is 18.2 Å². The minimum atomic E-state index is -1.14. The van der Waals surface area contributed by atoms with Crippen molar-refractivity contribution in [1.29, 1.82) is 0 Å². The molecule has 0 heterocycles. The SMILES string of the molecule is CC(OC(=O)c1ccccc1COc1ccccc1)C(=O)Nc1ccc([N+](=O)[O-])cc1Cl. The third-order valence-corrected chi connectivity index (χ3v) is 4.76. The summed E-state index contributed by atoms with van der Waals surface area (Å²) in [5.41, 5.74) is 0.840. The van der Waals surface area contributed by atoms with Crippen molar-refractivity contribution in [2.24, 2.45) is 0 Å². The van der Waals surface area contributed by atoms with Crippen LogP contribution in [0.25, 0.3) is 0 Å². The molecule has 1 atom stereocenters. The summed E-state index contributed by atoms with van der Waals surface area (Å²) in [6, 6.07) is 19.6. The number of amides is 1. The van der Waals surface area contributed by atoms with E-state index in [-0.39, 0.29) is 28.6 Å². The number of ether oxygens (including phenoxy) is 2. The second-order valence-electron chi connectivity index (χ2n) is 6.72. The smallest absolute Gasteiger partial charge is 0.339 e. The highest BCUT2D eigenvalue weighted by Crippen LogP contribution is 2.27. The van der Waals surface area contributed by atoms with E-state index < -0.39 is 22.9 Å². The van der Waals surface area contributed by atoms with Gasteiger partial charge in [-0.05, 0) is 31.2 Å². The maximum atomic E-state index is 12.7. The number of esters is 1. The molecule has 8 nitrogen and oxygen atoms in total. The average molecular weight is 455 g/mol. The molecule has 3 aromatic rings. The fourth-order valence-corrected chi connectivity index (χ4v) is 2.98. The van der Waals surface area contributed by atoms with Gasteiger partial charge in [-0.2, -0.15) is 0 Å². The zero-order chi connectivity index (χ0) is 23.1. The number of rotatable bonds is 8. The molecule has 0 aromatic heterocycles. The van der Waals surface area contributed by atoms with Gasteiger partial charge in [0.2, 0.25) is 0 Å². The van der Waals surface area contributed by atoms with Crippen LogP contribution < -0.4 is 10.1 Å². The lowest BCUT2D eigenvalue weighted by molar-refractivity contribution is -0.384. The molecule has 0 bridgehead atoms. The van der Waals surface area contributed by atoms with E-state index in [0.29, 0.717) is 11.3 Å². The number of halogens is 1. The minimum absolute atomic E-state index is 0.00511. The van der Waals surface area contributed by atoms with Gasteiger partial charge in [0.15, 0.2) is 6.10 Å². The molecule has 164 valence electrons. The van der Waals surface area contributed by atoms with Crippen molar-refractivity contribution in [2.75, 3.05) is 5.32 Å². The Hall–Kier alpha value is -3.91. The molecule has 0 aliphatic heterocycles. The van der Waals surface area contributed by atoms with Crippen molar-refractivity contribution in [3.8, 4) is 5.75 Å². The van der Waals surface area contributed by atoms with Gasteiger partial charge in [0.05, 0.1) is 21.2 Å². The predicted octanol–water partition coefficient (Wildman–Crippen LogP) is 5.01. The number of hydrogen-bond donors (Lipinski definition) is 1. The second-order valence-corrected chi connectivity index (χ2v) is 7.12. The molecule has 1 N–H and O–H groups in total. The molecule has 1 unspecified atom stereocenters. The Labute approximate surface area is 188 Å². The van der Waals surface area contributed by atoms with Crippen molar-refractivity contribution < 1.29 is 24.0 Å². The predicted molar refractivity (Wildman–Crippen MR) is 119 cm³/mol. The zero-order valence-corrected chi connectivity index (χ0v) is 17.7. The number of benzene rings is 3. The molecule has 0 aliphatic rings. The molecule has 3 rings (SSSR count). The normalized spacial score (nSPS) is 11.3. The second kappa shape index (κ2) is 10.4. The van der Waals surface area contributed by atoms with Gasteiger partial charge in [-0.1, -0.05) is 48.0 Å². The van der Waals surface area contributed by atoms with Crippen LogP contribution in [0, 0.1) is 10.1 Å². The Morgan fingerprint density at radius 2 is 1.75 bits per heavy atom. The molecule has 0 saturated carbocycles. The summed E-state index contributed by atoms with van der Waals surface area (Å²) in [5, 5.41) is 13.3. The van der Waals surface area contributed by atoms with E-state index in [1.54, 1.807) is 36.4 Å². The molecule has 0 fully saturated rings. The van der Waals surface area contributed by atoms with Crippen LogP contribution in [0.4, 0.5) is 11.4 Å². The van der Waals surface area contributed by atoms with E-state index in [2.05, 4.69) is 5.32 Å². The number of carbonyl (C=O) groups is 2. The highest BCUT2D eigenvalue weighted by atomic mass is 35.5. The summed E-state index contributed by atoms with van der Waals surface area (Å²) in [6.45, 7) is 1.56. The topological polar surface area (TPSA) is 108 Å². The Balaban J connectivity index is 1.64. The van der Waals surface area contributed by atoms with Gasteiger partial charge in [0, 0.05) is 17.7 Å². The first kappa shape index (κ1) is 22.8. The molecular weight excluding hydrogens is 436 g/mol. The lowest BCUT2D eigenvalue weighted by atomic mass is 10.1. The van der Waals surface area contributed by atoms with Crippen molar-refractivity contribution in [1.82, 2.24) is 0 Å². The Morgan fingerprint density at radius 3 is 2.44 bits per heavy atom. The lowest BCUT2D eigenvalue weighted by Crippen LogP contribution is -2.30. The minimum Gasteiger partial charge on any atom is -0.489 e. The Bertz CT molecular complexity index is 1140. The molecule has 0 radical (unpaired) electrons. The molecular formula is C23H19ClN2O6. The largest absolute Gasteiger partial charge is 0.489 e. The monoisotopic (exact) mass is 454 g/mol. The molecule has 3 aromatic carbocycles. The highest BCUT2D eigenvalue weighted by molar-refractivity contribution is 6.34. The maximum absolute atomic E-state index is 12.7. The third kappa shape index (κ3) is 5.83. The van der Waals surface area contributed by atoms with Crippen LogP contribution in [0.15, 0.2) is 72.8 Å². The summed E-state index contributed by atoms with van der Waals surface area (Å²) in [7, 11) is 0. The first-order valence-corrected chi connectivity index (χ1v) is 9.94. The van der Waals surface area contributed by atoms with Crippen LogP contribution in [0.3, 0.4) is 0 Å². The van der Waals surface area contributed by atoms with Gasteiger partial charge in [-0.15, -0.1) is 0 Å². The number of nitro groups is 1. The van der Waals surface area contributed by atoms with Gasteiger partial charge in [0.1, 0.15) is 12.4 Å². The lowest BCUT2D eigenvalue weighted by Gasteiger charge is -2.16. The number of para-hydroxylation sites is 1. The van der Waals surface area contributed by atoms with Gasteiger partial charge in [-0.3, -0.25) is 14.9 Å². The summed E-state index contributed by atoms with van der Waals surface area (Å²) in [4.78, 5) is 35.3. The number of hydrogen-bond acceptors (Lipinski definition) is 6. The number of carbonyl (C=O) groups excluding carboxylic acids is 2. The number of nitrogens with one attached hydrogen (secondary N) is 1. The third-order valence-electron chi connectivity index (χ3n) is 4.45. The number of non-ortho nitro benzene ring substituents is 1. The first-order chi connectivity index (χ1) is 15.3. The molecule has 0 saturated heterocycles. The van der Waals surface area contributed by atoms with Gasteiger partial charge in [0.25, 0.3) is 11.6 Å². The first-order valence-electron chi connectivity index (χ1n) is 9.56. The van der Waals surface area contributed by atoms with Crippen LogP contribution >= 0.6 is 11.6 Å². The van der Waals surface area contributed by atoms with Crippen molar-refractivity contribution in [3.05, 3.63) is 99.1 Å². The van der Waals surface area contributed by atoms with Crippen molar-refractivity contribution in [2.45, 2.75) is 19.6 Å². The summed E-state index contributed by atoms with van der Waals surface area (Å²) in [6.07, 6.45) is -1.14. The summed E-state index contributed by atoms with van der Waals surface area (Å²) >= 11 is 5.99. The van der Waals surface area contributed by atoms with Gasteiger partial charge in [-0.25, -0.2) is 4.79 Å².